The van der Waals surface area contributed by atoms with E-state index in [9.17, 15) is 18.5 Å². The van der Waals surface area contributed by atoms with E-state index in [0.29, 0.717) is 37.0 Å². The van der Waals surface area contributed by atoms with Crippen LogP contribution in [0, 0.1) is 10.1 Å². The molecule has 1 N–H and O–H groups in total. The van der Waals surface area contributed by atoms with Gasteiger partial charge in [-0.25, -0.2) is 8.42 Å². The Labute approximate surface area is 133 Å². The van der Waals surface area contributed by atoms with E-state index in [-0.39, 0.29) is 5.69 Å². The molecule has 0 atom stereocenters. The Balaban J connectivity index is 1.92. The standard InChI is InChI=1S/C12H16N4O4S2/c1-22(19,20)15-8-6-14(7-9-15)12(21)13-10-2-4-11(5-3-10)16(17)18/h2-5H,6-9H2,1H3,(H,13,21). The molecule has 1 aromatic rings. The Morgan fingerprint density at radius 1 is 1.23 bits per heavy atom. The average Bonchev–Trinajstić information content (AvgIpc) is 2.47. The van der Waals surface area contributed by atoms with E-state index in [2.05, 4.69) is 5.32 Å². The highest BCUT2D eigenvalue weighted by atomic mass is 32.2. The SMILES string of the molecule is CS(=O)(=O)N1CCN(C(=S)Nc2ccc([N+](=O)[O-])cc2)CC1. The summed E-state index contributed by atoms with van der Waals surface area (Å²) >= 11 is 5.29. The van der Waals surface area contributed by atoms with Crippen LogP contribution in [-0.4, -0.2) is 60.1 Å². The van der Waals surface area contributed by atoms with Crippen molar-refractivity contribution in [2.24, 2.45) is 0 Å². The van der Waals surface area contributed by atoms with E-state index in [1.165, 1.54) is 22.7 Å². The van der Waals surface area contributed by atoms with Gasteiger partial charge in [-0.1, -0.05) is 0 Å². The summed E-state index contributed by atoms with van der Waals surface area (Å²) in [6.45, 7) is 1.79. The number of nitrogens with one attached hydrogen (secondary N) is 1. The van der Waals surface area contributed by atoms with Gasteiger partial charge in [-0.05, 0) is 24.4 Å². The number of anilines is 1. The third kappa shape index (κ3) is 4.12. The average molecular weight is 344 g/mol. The van der Waals surface area contributed by atoms with Crippen molar-refractivity contribution in [2.75, 3.05) is 37.8 Å². The first-order chi connectivity index (χ1) is 10.3. The van der Waals surface area contributed by atoms with Gasteiger partial charge in [-0.2, -0.15) is 4.31 Å². The number of benzene rings is 1. The fraction of sp³-hybridized carbons (Fsp3) is 0.417. The molecule has 1 saturated heterocycles. The summed E-state index contributed by atoms with van der Waals surface area (Å²) < 4.78 is 24.3. The molecule has 0 unspecified atom stereocenters. The quantitative estimate of drug-likeness (QED) is 0.494. The molecule has 2 rings (SSSR count). The lowest BCUT2D eigenvalue weighted by atomic mass is 10.3. The highest BCUT2D eigenvalue weighted by Gasteiger charge is 2.24. The van der Waals surface area contributed by atoms with Crippen LogP contribution in [0.3, 0.4) is 0 Å². The Bertz CT molecular complexity index is 667. The first kappa shape index (κ1) is 16.6. The van der Waals surface area contributed by atoms with Gasteiger partial charge in [0.2, 0.25) is 10.0 Å². The second-order valence-corrected chi connectivity index (χ2v) is 7.25. The molecule has 10 heteroatoms. The number of nitro groups is 1. The van der Waals surface area contributed by atoms with Crippen molar-refractivity contribution in [2.45, 2.75) is 0 Å². The molecular weight excluding hydrogens is 328 g/mol. The number of sulfonamides is 1. The minimum absolute atomic E-state index is 0.0123. The third-order valence-electron chi connectivity index (χ3n) is 3.32. The predicted molar refractivity (Wildman–Crippen MR) is 87.3 cm³/mol. The summed E-state index contributed by atoms with van der Waals surface area (Å²) in [4.78, 5) is 12.0. The summed E-state index contributed by atoms with van der Waals surface area (Å²) in [5.41, 5.74) is 0.666. The van der Waals surface area contributed by atoms with Crippen LogP contribution in [-0.2, 0) is 10.0 Å². The van der Waals surface area contributed by atoms with Crippen LogP contribution in [0.25, 0.3) is 0 Å². The predicted octanol–water partition coefficient (Wildman–Crippen LogP) is 0.869. The van der Waals surface area contributed by atoms with Gasteiger partial charge < -0.3 is 10.2 Å². The Hall–Kier alpha value is -1.78. The van der Waals surface area contributed by atoms with Gasteiger partial charge in [0.15, 0.2) is 5.11 Å². The Kier molecular flexibility index (Phi) is 4.94. The van der Waals surface area contributed by atoms with Crippen molar-refractivity contribution >= 4 is 38.7 Å². The maximum absolute atomic E-state index is 11.4. The first-order valence-electron chi connectivity index (χ1n) is 6.53. The topological polar surface area (TPSA) is 95.8 Å². The lowest BCUT2D eigenvalue weighted by Gasteiger charge is -2.34. The second kappa shape index (κ2) is 6.55. The number of piperazine rings is 1. The van der Waals surface area contributed by atoms with Crippen molar-refractivity contribution in [3.63, 3.8) is 0 Å². The minimum Gasteiger partial charge on any atom is -0.346 e. The van der Waals surface area contributed by atoms with Gasteiger partial charge in [-0.3, -0.25) is 10.1 Å². The van der Waals surface area contributed by atoms with Crippen molar-refractivity contribution in [3.05, 3.63) is 34.4 Å². The van der Waals surface area contributed by atoms with Crippen molar-refractivity contribution in [1.82, 2.24) is 9.21 Å². The minimum atomic E-state index is -3.17. The molecule has 0 spiro atoms. The highest BCUT2D eigenvalue weighted by molar-refractivity contribution is 7.88. The van der Waals surface area contributed by atoms with Crippen LogP contribution in [0.1, 0.15) is 0 Å². The van der Waals surface area contributed by atoms with E-state index >= 15 is 0 Å². The molecule has 0 aromatic heterocycles. The van der Waals surface area contributed by atoms with Crippen LogP contribution in [0.5, 0.6) is 0 Å². The van der Waals surface area contributed by atoms with E-state index in [4.69, 9.17) is 12.2 Å². The normalized spacial score (nSPS) is 16.3. The molecular formula is C12H16N4O4S2. The first-order valence-corrected chi connectivity index (χ1v) is 8.78. The van der Waals surface area contributed by atoms with E-state index < -0.39 is 14.9 Å². The molecule has 1 aliphatic rings. The molecule has 1 heterocycles. The second-order valence-electron chi connectivity index (χ2n) is 4.88. The van der Waals surface area contributed by atoms with Gasteiger partial charge in [0.1, 0.15) is 0 Å². The van der Waals surface area contributed by atoms with Crippen LogP contribution >= 0.6 is 12.2 Å². The molecule has 0 aliphatic carbocycles. The number of nitro benzene ring substituents is 1. The largest absolute Gasteiger partial charge is 0.346 e. The number of non-ortho nitro benzene ring substituents is 1. The smallest absolute Gasteiger partial charge is 0.269 e. The Morgan fingerprint density at radius 3 is 2.23 bits per heavy atom. The molecule has 1 aliphatic heterocycles. The monoisotopic (exact) mass is 344 g/mol. The van der Waals surface area contributed by atoms with E-state index in [1.54, 1.807) is 12.1 Å². The molecule has 22 heavy (non-hydrogen) atoms. The van der Waals surface area contributed by atoms with Gasteiger partial charge >= 0.3 is 0 Å². The number of thiocarbonyl (C=S) groups is 1. The van der Waals surface area contributed by atoms with Crippen molar-refractivity contribution < 1.29 is 13.3 Å². The van der Waals surface area contributed by atoms with E-state index in [0.717, 1.165) is 0 Å². The van der Waals surface area contributed by atoms with Gasteiger partial charge in [0.25, 0.3) is 5.69 Å². The zero-order chi connectivity index (χ0) is 16.3. The lowest BCUT2D eigenvalue weighted by molar-refractivity contribution is -0.384. The molecule has 0 bridgehead atoms. The maximum Gasteiger partial charge on any atom is 0.269 e. The Morgan fingerprint density at radius 2 is 1.77 bits per heavy atom. The molecule has 1 aromatic carbocycles. The summed E-state index contributed by atoms with van der Waals surface area (Å²) in [5, 5.41) is 14.1. The highest BCUT2D eigenvalue weighted by Crippen LogP contribution is 2.16. The third-order valence-corrected chi connectivity index (χ3v) is 4.99. The van der Waals surface area contributed by atoms with E-state index in [1.807, 2.05) is 4.90 Å². The number of hydrogen-bond donors (Lipinski definition) is 1. The summed E-state index contributed by atoms with van der Waals surface area (Å²) in [6, 6.07) is 5.95. The van der Waals surface area contributed by atoms with Gasteiger partial charge in [-0.15, -0.1) is 0 Å². The fourth-order valence-corrected chi connectivity index (χ4v) is 3.22. The summed E-state index contributed by atoms with van der Waals surface area (Å²) in [5.74, 6) is 0. The molecule has 0 amide bonds. The number of hydrogen-bond acceptors (Lipinski definition) is 5. The van der Waals surface area contributed by atoms with Crippen molar-refractivity contribution in [3.8, 4) is 0 Å². The zero-order valence-corrected chi connectivity index (χ0v) is 13.6. The molecule has 0 saturated carbocycles. The maximum atomic E-state index is 11.4. The van der Waals surface area contributed by atoms with Crippen LogP contribution < -0.4 is 5.32 Å². The summed E-state index contributed by atoms with van der Waals surface area (Å²) in [7, 11) is -3.17. The van der Waals surface area contributed by atoms with Crippen LogP contribution in [0.15, 0.2) is 24.3 Å². The summed E-state index contributed by atoms with van der Waals surface area (Å²) in [6.07, 6.45) is 1.19. The zero-order valence-electron chi connectivity index (χ0n) is 11.9. The van der Waals surface area contributed by atoms with Crippen molar-refractivity contribution in [1.29, 1.82) is 0 Å². The van der Waals surface area contributed by atoms with Crippen LogP contribution in [0.4, 0.5) is 11.4 Å². The molecule has 1 fully saturated rings. The number of rotatable bonds is 3. The van der Waals surface area contributed by atoms with Gasteiger partial charge in [0, 0.05) is 44.0 Å². The molecule has 0 radical (unpaired) electrons. The fourth-order valence-electron chi connectivity index (χ4n) is 2.09. The number of nitrogens with zero attached hydrogens (tertiary/aromatic N) is 3. The molecule has 8 nitrogen and oxygen atoms in total. The van der Waals surface area contributed by atoms with Gasteiger partial charge in [0.05, 0.1) is 11.2 Å². The molecule has 120 valence electrons. The van der Waals surface area contributed by atoms with Crippen LogP contribution in [0.2, 0.25) is 0 Å². The lowest BCUT2D eigenvalue weighted by Crippen LogP contribution is -2.51.